The van der Waals surface area contributed by atoms with Crippen molar-refractivity contribution < 1.29 is 19.2 Å². The van der Waals surface area contributed by atoms with E-state index in [0.29, 0.717) is 25.9 Å². The van der Waals surface area contributed by atoms with Crippen LogP contribution in [0.4, 0.5) is 0 Å². The van der Waals surface area contributed by atoms with Crippen molar-refractivity contribution in [2.24, 2.45) is 11.5 Å². The van der Waals surface area contributed by atoms with E-state index in [0.717, 1.165) is 11.1 Å². The summed E-state index contributed by atoms with van der Waals surface area (Å²) in [5.41, 5.74) is 12.5. The zero-order chi connectivity index (χ0) is 24.8. The topological polar surface area (TPSA) is 127 Å². The molecule has 0 aliphatic heterocycles. The average molecular weight is 467 g/mol. The molecular formula is C26H34N4O4. The van der Waals surface area contributed by atoms with Gasteiger partial charge in [-0.25, -0.2) is 0 Å². The van der Waals surface area contributed by atoms with Crippen molar-refractivity contribution in [3.8, 4) is 0 Å². The van der Waals surface area contributed by atoms with Gasteiger partial charge < -0.3 is 21.3 Å². The number of amides is 4. The zero-order valence-electron chi connectivity index (χ0n) is 19.5. The van der Waals surface area contributed by atoms with Gasteiger partial charge in [0.1, 0.15) is 0 Å². The highest BCUT2D eigenvalue weighted by Gasteiger charge is 2.17. The lowest BCUT2D eigenvalue weighted by molar-refractivity contribution is -0.134. The van der Waals surface area contributed by atoms with Gasteiger partial charge in [0.05, 0.1) is 0 Å². The molecule has 2 aromatic carbocycles. The molecule has 4 N–H and O–H groups in total. The van der Waals surface area contributed by atoms with Gasteiger partial charge in [0.15, 0.2) is 0 Å². The van der Waals surface area contributed by atoms with Gasteiger partial charge in [-0.15, -0.1) is 0 Å². The first-order valence-electron chi connectivity index (χ1n) is 11.5. The van der Waals surface area contributed by atoms with Crippen LogP contribution < -0.4 is 11.5 Å². The maximum absolute atomic E-state index is 12.8. The fraction of sp³-hybridized carbons (Fsp3) is 0.385. The Labute approximate surface area is 200 Å². The number of carbonyl (C=O) groups excluding carboxylic acids is 4. The van der Waals surface area contributed by atoms with Gasteiger partial charge in [-0.05, 0) is 24.0 Å². The smallest absolute Gasteiger partial charge is 0.222 e. The van der Waals surface area contributed by atoms with Crippen LogP contribution in [-0.2, 0) is 32.3 Å². The van der Waals surface area contributed by atoms with Crippen LogP contribution >= 0.6 is 0 Å². The van der Waals surface area contributed by atoms with Crippen molar-refractivity contribution in [2.75, 3.05) is 13.1 Å². The Hall–Kier alpha value is -3.68. The normalized spacial score (nSPS) is 10.5. The molecular weight excluding hydrogens is 432 g/mol. The van der Waals surface area contributed by atoms with Crippen LogP contribution in [0.1, 0.15) is 49.7 Å². The molecule has 0 saturated carbocycles. The van der Waals surface area contributed by atoms with E-state index >= 15 is 0 Å². The third-order valence-corrected chi connectivity index (χ3v) is 5.43. The van der Waals surface area contributed by atoms with E-state index in [4.69, 9.17) is 11.5 Å². The van der Waals surface area contributed by atoms with Crippen LogP contribution in [0.15, 0.2) is 60.7 Å². The molecule has 0 unspecified atom stereocenters. The van der Waals surface area contributed by atoms with E-state index in [1.807, 2.05) is 60.7 Å². The van der Waals surface area contributed by atoms with Crippen molar-refractivity contribution in [2.45, 2.75) is 51.6 Å². The van der Waals surface area contributed by atoms with E-state index < -0.39 is 11.8 Å². The second-order valence-electron chi connectivity index (χ2n) is 8.24. The number of hydrogen-bond acceptors (Lipinski definition) is 4. The molecule has 0 fully saturated rings. The lowest BCUT2D eigenvalue weighted by atomic mass is 10.1. The Balaban J connectivity index is 1.86. The zero-order valence-corrected chi connectivity index (χ0v) is 19.5. The maximum Gasteiger partial charge on any atom is 0.222 e. The largest absolute Gasteiger partial charge is 0.370 e. The molecule has 0 bridgehead atoms. The van der Waals surface area contributed by atoms with Crippen molar-refractivity contribution >= 4 is 23.6 Å². The Kier molecular flexibility index (Phi) is 11.3. The van der Waals surface area contributed by atoms with Crippen molar-refractivity contribution in [3.05, 3.63) is 71.8 Å². The number of nitrogens with zero attached hydrogens (tertiary/aromatic N) is 2. The van der Waals surface area contributed by atoms with Crippen LogP contribution in [0.25, 0.3) is 0 Å². The highest BCUT2D eigenvalue weighted by Crippen LogP contribution is 2.12. The summed E-state index contributed by atoms with van der Waals surface area (Å²) in [5.74, 6) is -1.06. The lowest BCUT2D eigenvalue weighted by Gasteiger charge is -2.23. The van der Waals surface area contributed by atoms with Crippen LogP contribution in [0, 0.1) is 0 Å². The van der Waals surface area contributed by atoms with Crippen LogP contribution in [-0.4, -0.2) is 46.5 Å². The monoisotopic (exact) mass is 466 g/mol. The van der Waals surface area contributed by atoms with E-state index in [2.05, 4.69) is 0 Å². The van der Waals surface area contributed by atoms with Gasteiger partial charge in [-0.3, -0.25) is 19.2 Å². The second-order valence-corrected chi connectivity index (χ2v) is 8.24. The summed E-state index contributed by atoms with van der Waals surface area (Å²) in [7, 11) is 0. The van der Waals surface area contributed by atoms with Gasteiger partial charge >= 0.3 is 0 Å². The van der Waals surface area contributed by atoms with Gasteiger partial charge in [0.25, 0.3) is 0 Å². The third-order valence-electron chi connectivity index (χ3n) is 5.43. The number of unbranched alkanes of at least 4 members (excludes halogenated alkanes) is 1. The molecule has 0 aromatic heterocycles. The molecule has 0 aliphatic rings. The number of primary amides is 2. The summed E-state index contributed by atoms with van der Waals surface area (Å²) in [6.07, 6.45) is 1.84. The fourth-order valence-corrected chi connectivity index (χ4v) is 3.55. The summed E-state index contributed by atoms with van der Waals surface area (Å²) in [6, 6.07) is 19.1. The summed E-state index contributed by atoms with van der Waals surface area (Å²) in [4.78, 5) is 51.3. The molecule has 34 heavy (non-hydrogen) atoms. The summed E-state index contributed by atoms with van der Waals surface area (Å²) in [5, 5.41) is 0. The van der Waals surface area contributed by atoms with Gasteiger partial charge in [0, 0.05) is 51.9 Å². The van der Waals surface area contributed by atoms with Crippen molar-refractivity contribution in [3.63, 3.8) is 0 Å². The minimum atomic E-state index is -0.453. The highest BCUT2D eigenvalue weighted by molar-refractivity contribution is 5.79. The first-order valence-corrected chi connectivity index (χ1v) is 11.5. The predicted molar refractivity (Wildman–Crippen MR) is 130 cm³/mol. The van der Waals surface area contributed by atoms with Gasteiger partial charge in [-0.2, -0.15) is 0 Å². The summed E-state index contributed by atoms with van der Waals surface area (Å²) in [6.45, 7) is 1.34. The molecule has 2 aromatic rings. The molecule has 2 rings (SSSR count). The third kappa shape index (κ3) is 10.3. The number of benzene rings is 2. The fourth-order valence-electron chi connectivity index (χ4n) is 3.55. The standard InChI is InChI=1S/C26H34N4O4/c27-23(31)15-17-29(19-21-9-3-1-4-10-21)25(33)13-7-8-14-26(34)30(18-16-24(28)32)20-22-11-5-2-6-12-22/h1-6,9-12H,7-8,13-20H2,(H2,27,31)(H2,28,32). The molecule has 0 radical (unpaired) electrons. The minimum Gasteiger partial charge on any atom is -0.370 e. The van der Waals surface area contributed by atoms with E-state index in [-0.39, 0.29) is 50.6 Å². The van der Waals surface area contributed by atoms with Crippen LogP contribution in [0.5, 0.6) is 0 Å². The van der Waals surface area contributed by atoms with Crippen molar-refractivity contribution in [1.82, 2.24) is 9.80 Å². The Morgan fingerprint density at radius 2 is 0.912 bits per heavy atom. The molecule has 8 heteroatoms. The molecule has 8 nitrogen and oxygen atoms in total. The molecule has 0 aliphatic carbocycles. The second kappa shape index (κ2) is 14.5. The minimum absolute atomic E-state index is 0.0765. The Morgan fingerprint density at radius 3 is 1.24 bits per heavy atom. The van der Waals surface area contributed by atoms with E-state index in [1.165, 1.54) is 0 Å². The quantitative estimate of drug-likeness (QED) is 0.391. The summed E-state index contributed by atoms with van der Waals surface area (Å²) >= 11 is 0. The first kappa shape index (κ1) is 26.6. The van der Waals surface area contributed by atoms with Gasteiger partial charge in [-0.1, -0.05) is 60.7 Å². The Bertz CT molecular complexity index is 857. The number of hydrogen-bond donors (Lipinski definition) is 2. The van der Waals surface area contributed by atoms with Crippen LogP contribution in [0.2, 0.25) is 0 Å². The predicted octanol–water partition coefficient (Wildman–Crippen LogP) is 2.36. The number of carbonyl (C=O) groups is 4. The number of nitrogens with two attached hydrogens (primary N) is 2. The molecule has 0 spiro atoms. The highest BCUT2D eigenvalue weighted by atomic mass is 16.2. The van der Waals surface area contributed by atoms with Gasteiger partial charge in [0.2, 0.25) is 23.6 Å². The molecule has 0 atom stereocenters. The van der Waals surface area contributed by atoms with Crippen molar-refractivity contribution in [1.29, 1.82) is 0 Å². The summed E-state index contributed by atoms with van der Waals surface area (Å²) < 4.78 is 0. The number of rotatable bonds is 15. The lowest BCUT2D eigenvalue weighted by Crippen LogP contribution is -2.34. The van der Waals surface area contributed by atoms with Crippen LogP contribution in [0.3, 0.4) is 0 Å². The molecule has 0 saturated heterocycles. The SMILES string of the molecule is NC(=O)CCN(Cc1ccccc1)C(=O)CCCCC(=O)N(CCC(N)=O)Cc1ccccc1. The van der Waals surface area contributed by atoms with E-state index in [9.17, 15) is 19.2 Å². The maximum atomic E-state index is 12.8. The average Bonchev–Trinajstić information content (AvgIpc) is 2.82. The molecule has 182 valence electrons. The first-order chi connectivity index (χ1) is 16.3. The molecule has 0 heterocycles. The molecule has 4 amide bonds. The van der Waals surface area contributed by atoms with E-state index in [1.54, 1.807) is 9.80 Å². The Morgan fingerprint density at radius 1 is 0.559 bits per heavy atom.